The lowest BCUT2D eigenvalue weighted by Crippen LogP contribution is -2.57. The van der Waals surface area contributed by atoms with Crippen LogP contribution in [0.3, 0.4) is 0 Å². The summed E-state index contributed by atoms with van der Waals surface area (Å²) in [7, 11) is 3.56. The van der Waals surface area contributed by atoms with Gasteiger partial charge in [0.1, 0.15) is 0 Å². The molecule has 7 heteroatoms. The second kappa shape index (κ2) is 9.46. The molecule has 3 saturated heterocycles. The number of hydrogen-bond acceptors (Lipinski definition) is 6. The number of aliphatic hydroxyl groups is 1. The van der Waals surface area contributed by atoms with E-state index < -0.39 is 6.10 Å². The van der Waals surface area contributed by atoms with Gasteiger partial charge in [0.15, 0.2) is 0 Å². The smallest absolute Gasteiger partial charge is 0.224 e. The highest BCUT2D eigenvalue weighted by Gasteiger charge is 2.38. The van der Waals surface area contributed by atoms with E-state index >= 15 is 0 Å². The number of β-amino-alcohol motifs (C(OH)–C–C–N with tert-alkyl or cyclic N) is 1. The van der Waals surface area contributed by atoms with Crippen molar-refractivity contribution in [2.75, 3.05) is 53.6 Å². The number of carbonyl (C=O) groups excluding carboxylic acids is 1. The fourth-order valence-corrected chi connectivity index (χ4v) is 4.29. The molecule has 0 aromatic rings. The second-order valence-corrected chi connectivity index (χ2v) is 8.13. The van der Waals surface area contributed by atoms with Crippen LogP contribution >= 0.6 is 0 Å². The fourth-order valence-electron chi connectivity index (χ4n) is 4.29. The van der Waals surface area contributed by atoms with Crippen LogP contribution in [-0.4, -0.2) is 98.8 Å². The number of rotatable bonds is 4. The standard InChI is InChI=1S/C19H34N2O5/c1-20(2)19(23)9-16-3-4-17-18(26-16)13-25-12-15(22)11-21(17)10-14-5-7-24-8-6-14/h14-18,22H,3-13H2,1-2H3/t15-,16-,17+,18-/m0/s1. The Morgan fingerprint density at radius 2 is 1.88 bits per heavy atom. The monoisotopic (exact) mass is 370 g/mol. The number of nitrogens with zero attached hydrogens (tertiary/aromatic N) is 2. The largest absolute Gasteiger partial charge is 0.389 e. The van der Waals surface area contributed by atoms with E-state index in [0.717, 1.165) is 45.4 Å². The highest BCUT2D eigenvalue weighted by molar-refractivity contribution is 5.76. The van der Waals surface area contributed by atoms with Gasteiger partial charge in [0.2, 0.25) is 5.91 Å². The van der Waals surface area contributed by atoms with Crippen LogP contribution in [0.4, 0.5) is 0 Å². The molecule has 3 aliphatic rings. The average Bonchev–Trinajstić information content (AvgIpc) is 2.61. The summed E-state index contributed by atoms with van der Waals surface area (Å²) in [4.78, 5) is 16.1. The minimum Gasteiger partial charge on any atom is -0.389 e. The molecule has 0 spiro atoms. The first kappa shape index (κ1) is 20.0. The molecular weight excluding hydrogens is 336 g/mol. The van der Waals surface area contributed by atoms with Crippen LogP contribution in [0.25, 0.3) is 0 Å². The van der Waals surface area contributed by atoms with Gasteiger partial charge in [0.25, 0.3) is 0 Å². The third kappa shape index (κ3) is 5.39. The first-order chi connectivity index (χ1) is 12.5. The molecule has 3 fully saturated rings. The summed E-state index contributed by atoms with van der Waals surface area (Å²) in [5.41, 5.74) is 0. The van der Waals surface area contributed by atoms with Crippen molar-refractivity contribution in [2.24, 2.45) is 5.92 Å². The lowest BCUT2D eigenvalue weighted by Gasteiger charge is -2.45. The van der Waals surface area contributed by atoms with Gasteiger partial charge in [-0.3, -0.25) is 9.69 Å². The van der Waals surface area contributed by atoms with Gasteiger partial charge in [-0.15, -0.1) is 0 Å². The molecule has 0 radical (unpaired) electrons. The Labute approximate surface area is 156 Å². The summed E-state index contributed by atoms with van der Waals surface area (Å²) >= 11 is 0. The van der Waals surface area contributed by atoms with Gasteiger partial charge in [0, 0.05) is 46.4 Å². The molecule has 0 aromatic heterocycles. The van der Waals surface area contributed by atoms with E-state index in [2.05, 4.69) is 4.90 Å². The van der Waals surface area contributed by atoms with Crippen LogP contribution < -0.4 is 0 Å². The van der Waals surface area contributed by atoms with E-state index in [-0.39, 0.29) is 24.2 Å². The molecule has 26 heavy (non-hydrogen) atoms. The van der Waals surface area contributed by atoms with Crippen molar-refractivity contribution in [3.8, 4) is 0 Å². The van der Waals surface area contributed by atoms with Gasteiger partial charge in [-0.25, -0.2) is 0 Å². The van der Waals surface area contributed by atoms with Crippen LogP contribution in [0.2, 0.25) is 0 Å². The summed E-state index contributed by atoms with van der Waals surface area (Å²) in [5, 5.41) is 10.3. The molecule has 0 aliphatic carbocycles. The Morgan fingerprint density at radius 1 is 1.12 bits per heavy atom. The van der Waals surface area contributed by atoms with Gasteiger partial charge in [0.05, 0.1) is 37.9 Å². The number of aliphatic hydroxyl groups excluding tert-OH is 1. The predicted molar refractivity (Wildman–Crippen MR) is 96.9 cm³/mol. The van der Waals surface area contributed by atoms with Crippen LogP contribution in [0, 0.1) is 5.92 Å². The van der Waals surface area contributed by atoms with Crippen molar-refractivity contribution >= 4 is 5.91 Å². The van der Waals surface area contributed by atoms with E-state index in [4.69, 9.17) is 14.2 Å². The molecule has 0 saturated carbocycles. The number of fused-ring (bicyclic) bond motifs is 1. The van der Waals surface area contributed by atoms with Gasteiger partial charge < -0.3 is 24.2 Å². The van der Waals surface area contributed by atoms with Crippen LogP contribution in [0.5, 0.6) is 0 Å². The van der Waals surface area contributed by atoms with Crippen molar-refractivity contribution in [3.63, 3.8) is 0 Å². The summed E-state index contributed by atoms with van der Waals surface area (Å²) in [5.74, 6) is 0.722. The highest BCUT2D eigenvalue weighted by atomic mass is 16.5. The summed E-state index contributed by atoms with van der Waals surface area (Å²) in [6, 6.07) is 0.249. The lowest BCUT2D eigenvalue weighted by atomic mass is 9.92. The van der Waals surface area contributed by atoms with Gasteiger partial charge in [-0.05, 0) is 31.6 Å². The van der Waals surface area contributed by atoms with E-state index in [1.807, 2.05) is 0 Å². The van der Waals surface area contributed by atoms with E-state index in [9.17, 15) is 9.90 Å². The summed E-state index contributed by atoms with van der Waals surface area (Å²) < 4.78 is 17.4. The third-order valence-electron chi connectivity index (χ3n) is 5.82. The Morgan fingerprint density at radius 3 is 2.62 bits per heavy atom. The molecule has 3 aliphatic heterocycles. The zero-order valence-electron chi connectivity index (χ0n) is 16.1. The average molecular weight is 370 g/mol. The second-order valence-electron chi connectivity index (χ2n) is 8.13. The molecule has 4 atom stereocenters. The third-order valence-corrected chi connectivity index (χ3v) is 5.82. The van der Waals surface area contributed by atoms with Crippen molar-refractivity contribution in [1.29, 1.82) is 0 Å². The molecule has 3 heterocycles. The van der Waals surface area contributed by atoms with E-state index in [1.54, 1.807) is 19.0 Å². The maximum atomic E-state index is 12.0. The number of carbonyl (C=O) groups is 1. The molecule has 3 rings (SSSR count). The quantitative estimate of drug-likeness (QED) is 0.777. The molecule has 1 N–H and O–H groups in total. The number of amides is 1. The van der Waals surface area contributed by atoms with Crippen molar-refractivity contribution in [1.82, 2.24) is 9.80 Å². The lowest BCUT2D eigenvalue weighted by molar-refractivity contribution is -0.161. The number of hydrogen-bond donors (Lipinski definition) is 1. The fraction of sp³-hybridized carbons (Fsp3) is 0.947. The van der Waals surface area contributed by atoms with Crippen molar-refractivity contribution in [3.05, 3.63) is 0 Å². The molecule has 0 bridgehead atoms. The van der Waals surface area contributed by atoms with Crippen LogP contribution in [-0.2, 0) is 19.0 Å². The van der Waals surface area contributed by atoms with Crippen LogP contribution in [0.1, 0.15) is 32.1 Å². The SMILES string of the molecule is CN(C)C(=O)C[C@@H]1CC[C@@H]2[C@H](COC[C@@H](O)CN2CC2CCOCC2)O1. The maximum Gasteiger partial charge on any atom is 0.224 e. The molecule has 7 nitrogen and oxygen atoms in total. The molecule has 1 amide bonds. The Hall–Kier alpha value is -0.730. The minimum absolute atomic E-state index is 0.0314. The Bertz CT molecular complexity index is 455. The summed E-state index contributed by atoms with van der Waals surface area (Å²) in [6.07, 6.45) is 3.93. The molecule has 0 unspecified atom stereocenters. The zero-order valence-corrected chi connectivity index (χ0v) is 16.1. The first-order valence-electron chi connectivity index (χ1n) is 9.96. The van der Waals surface area contributed by atoms with Crippen molar-refractivity contribution in [2.45, 2.75) is 56.5 Å². The maximum absolute atomic E-state index is 12.0. The van der Waals surface area contributed by atoms with Gasteiger partial charge in [-0.2, -0.15) is 0 Å². The zero-order chi connectivity index (χ0) is 18.5. The van der Waals surface area contributed by atoms with Crippen LogP contribution in [0.15, 0.2) is 0 Å². The normalized spacial score (nSPS) is 34.6. The van der Waals surface area contributed by atoms with Gasteiger partial charge >= 0.3 is 0 Å². The molecular formula is C19H34N2O5. The Balaban J connectivity index is 1.62. The minimum atomic E-state index is -0.455. The highest BCUT2D eigenvalue weighted by Crippen LogP contribution is 2.29. The summed E-state index contributed by atoms with van der Waals surface area (Å²) in [6.45, 7) is 4.11. The number of ether oxygens (including phenoxy) is 3. The molecule has 0 aromatic carbocycles. The molecule has 150 valence electrons. The topological polar surface area (TPSA) is 71.5 Å². The van der Waals surface area contributed by atoms with E-state index in [0.29, 0.717) is 32.1 Å². The van der Waals surface area contributed by atoms with Gasteiger partial charge in [-0.1, -0.05) is 0 Å². The van der Waals surface area contributed by atoms with Crippen molar-refractivity contribution < 1.29 is 24.1 Å². The van der Waals surface area contributed by atoms with E-state index in [1.165, 1.54) is 0 Å². The Kier molecular flexibility index (Phi) is 7.28. The predicted octanol–water partition coefficient (Wildman–Crippen LogP) is 0.501. The first-order valence-corrected chi connectivity index (χ1v) is 9.96.